The highest BCUT2D eigenvalue weighted by Crippen LogP contribution is 2.42. The fraction of sp³-hybridized carbons (Fsp3) is 0.778. The van der Waals surface area contributed by atoms with E-state index in [0.717, 1.165) is 5.92 Å². The molecule has 3 aliphatic rings. The van der Waals surface area contributed by atoms with E-state index < -0.39 is 0 Å². The molecule has 2 heterocycles. The monoisotopic (exact) mass is 138 g/mol. The normalized spacial score (nSPS) is 35.0. The standard InChI is InChI=1S/C9H14O/c1-9(2)7-3-5-8(10-9)6-4-7/h5,7H,3-4,6H2,1-2H3. The zero-order chi connectivity index (χ0) is 7.19. The molecule has 1 aliphatic carbocycles. The van der Waals surface area contributed by atoms with Gasteiger partial charge in [0, 0.05) is 12.3 Å². The average molecular weight is 138 g/mol. The quantitative estimate of drug-likeness (QED) is 0.499. The third-order valence-corrected chi connectivity index (χ3v) is 2.75. The van der Waals surface area contributed by atoms with Gasteiger partial charge in [0.05, 0.1) is 5.76 Å². The van der Waals surface area contributed by atoms with Gasteiger partial charge in [-0.05, 0) is 32.8 Å². The van der Waals surface area contributed by atoms with Gasteiger partial charge in [-0.2, -0.15) is 0 Å². The molecule has 1 fully saturated rings. The molecule has 1 unspecified atom stereocenters. The van der Waals surface area contributed by atoms with Gasteiger partial charge in [-0.25, -0.2) is 0 Å². The van der Waals surface area contributed by atoms with Gasteiger partial charge in [-0.1, -0.05) is 0 Å². The van der Waals surface area contributed by atoms with Crippen LogP contribution in [0.2, 0.25) is 0 Å². The fourth-order valence-corrected chi connectivity index (χ4v) is 1.96. The van der Waals surface area contributed by atoms with Crippen LogP contribution in [0.5, 0.6) is 0 Å². The summed E-state index contributed by atoms with van der Waals surface area (Å²) >= 11 is 0. The predicted molar refractivity (Wildman–Crippen MR) is 40.6 cm³/mol. The van der Waals surface area contributed by atoms with E-state index in [4.69, 9.17) is 4.74 Å². The number of hydrogen-bond acceptors (Lipinski definition) is 1. The molecule has 56 valence electrons. The van der Waals surface area contributed by atoms with Crippen LogP contribution in [0.3, 0.4) is 0 Å². The van der Waals surface area contributed by atoms with Crippen LogP contribution in [0.4, 0.5) is 0 Å². The number of rotatable bonds is 0. The molecule has 1 nitrogen and oxygen atoms in total. The van der Waals surface area contributed by atoms with Crippen molar-refractivity contribution in [3.63, 3.8) is 0 Å². The minimum Gasteiger partial charge on any atom is -0.492 e. The topological polar surface area (TPSA) is 9.23 Å². The van der Waals surface area contributed by atoms with Gasteiger partial charge in [-0.15, -0.1) is 0 Å². The predicted octanol–water partition coefficient (Wildman–Crippen LogP) is 2.48. The van der Waals surface area contributed by atoms with Gasteiger partial charge < -0.3 is 4.74 Å². The maximum Gasteiger partial charge on any atom is 0.106 e. The lowest BCUT2D eigenvalue weighted by Gasteiger charge is -2.43. The summed E-state index contributed by atoms with van der Waals surface area (Å²) in [6.45, 7) is 4.40. The molecule has 0 aromatic rings. The highest BCUT2D eigenvalue weighted by Gasteiger charge is 2.38. The Morgan fingerprint density at radius 1 is 1.60 bits per heavy atom. The number of fused-ring (bicyclic) bond motifs is 3. The Bertz CT molecular complexity index is 179. The lowest BCUT2D eigenvalue weighted by Crippen LogP contribution is -2.40. The van der Waals surface area contributed by atoms with Crippen molar-refractivity contribution in [3.8, 4) is 0 Å². The maximum absolute atomic E-state index is 5.73. The van der Waals surface area contributed by atoms with Gasteiger partial charge in [-0.3, -0.25) is 0 Å². The summed E-state index contributed by atoms with van der Waals surface area (Å²) in [7, 11) is 0. The third-order valence-electron chi connectivity index (χ3n) is 2.75. The Balaban J connectivity index is 2.28. The van der Waals surface area contributed by atoms with Crippen LogP contribution in [0, 0.1) is 5.92 Å². The van der Waals surface area contributed by atoms with Gasteiger partial charge >= 0.3 is 0 Å². The molecule has 3 rings (SSSR count). The highest BCUT2D eigenvalue weighted by atomic mass is 16.5. The Morgan fingerprint density at radius 3 is 2.60 bits per heavy atom. The smallest absolute Gasteiger partial charge is 0.106 e. The van der Waals surface area contributed by atoms with E-state index in [2.05, 4.69) is 19.9 Å². The number of allylic oxidation sites excluding steroid dienone is 2. The minimum atomic E-state index is 0.127. The maximum atomic E-state index is 5.73. The van der Waals surface area contributed by atoms with Gasteiger partial charge in [0.25, 0.3) is 0 Å². The summed E-state index contributed by atoms with van der Waals surface area (Å²) in [6, 6.07) is 0. The first-order chi connectivity index (χ1) is 4.68. The largest absolute Gasteiger partial charge is 0.492 e. The molecule has 0 radical (unpaired) electrons. The molecule has 0 aromatic carbocycles. The van der Waals surface area contributed by atoms with Crippen molar-refractivity contribution in [1.29, 1.82) is 0 Å². The van der Waals surface area contributed by atoms with Crippen molar-refractivity contribution in [2.45, 2.75) is 38.7 Å². The second-order valence-electron chi connectivity index (χ2n) is 3.85. The van der Waals surface area contributed by atoms with Gasteiger partial charge in [0.1, 0.15) is 5.60 Å². The van der Waals surface area contributed by atoms with E-state index in [1.54, 1.807) is 0 Å². The summed E-state index contributed by atoms with van der Waals surface area (Å²) in [5, 5.41) is 0. The van der Waals surface area contributed by atoms with Crippen LogP contribution >= 0.6 is 0 Å². The van der Waals surface area contributed by atoms with Crippen molar-refractivity contribution in [2.75, 3.05) is 0 Å². The SMILES string of the molecule is CC1(C)OC2=CCC1CC2. The van der Waals surface area contributed by atoms with Crippen molar-refractivity contribution in [3.05, 3.63) is 11.8 Å². The van der Waals surface area contributed by atoms with Crippen molar-refractivity contribution in [1.82, 2.24) is 0 Å². The first-order valence-corrected chi connectivity index (χ1v) is 4.06. The molecular weight excluding hydrogens is 124 g/mol. The number of ether oxygens (including phenoxy) is 1. The Kier molecular flexibility index (Phi) is 1.11. The first kappa shape index (κ1) is 6.26. The Labute approximate surface area is 62.1 Å². The molecule has 10 heavy (non-hydrogen) atoms. The zero-order valence-corrected chi connectivity index (χ0v) is 6.68. The number of hydrogen-bond donors (Lipinski definition) is 0. The van der Waals surface area contributed by atoms with Crippen LogP contribution in [-0.2, 0) is 4.74 Å². The van der Waals surface area contributed by atoms with Gasteiger partial charge in [0.2, 0.25) is 0 Å². The molecule has 0 amide bonds. The molecule has 0 spiro atoms. The van der Waals surface area contributed by atoms with E-state index in [1.165, 1.54) is 25.0 Å². The van der Waals surface area contributed by atoms with E-state index in [-0.39, 0.29) is 5.60 Å². The van der Waals surface area contributed by atoms with Gasteiger partial charge in [0.15, 0.2) is 0 Å². The lowest BCUT2D eigenvalue weighted by atomic mass is 9.78. The molecule has 1 saturated heterocycles. The fourth-order valence-electron chi connectivity index (χ4n) is 1.96. The van der Waals surface area contributed by atoms with E-state index in [1.807, 2.05) is 0 Å². The Morgan fingerprint density at radius 2 is 2.40 bits per heavy atom. The van der Waals surface area contributed by atoms with Crippen LogP contribution in [-0.4, -0.2) is 5.60 Å². The highest BCUT2D eigenvalue weighted by molar-refractivity contribution is 5.09. The molecule has 1 atom stereocenters. The van der Waals surface area contributed by atoms with Crippen molar-refractivity contribution < 1.29 is 4.74 Å². The Hall–Kier alpha value is -0.460. The molecule has 1 heteroatoms. The molecular formula is C9H14O. The van der Waals surface area contributed by atoms with Crippen molar-refractivity contribution >= 4 is 0 Å². The summed E-state index contributed by atoms with van der Waals surface area (Å²) in [5.74, 6) is 2.00. The minimum absolute atomic E-state index is 0.127. The third kappa shape index (κ3) is 0.764. The molecule has 0 N–H and O–H groups in total. The van der Waals surface area contributed by atoms with Crippen molar-refractivity contribution in [2.24, 2.45) is 5.92 Å². The summed E-state index contributed by atoms with van der Waals surface area (Å²) in [5.41, 5.74) is 0.127. The second kappa shape index (κ2) is 1.77. The molecule has 2 bridgehead atoms. The van der Waals surface area contributed by atoms with E-state index in [9.17, 15) is 0 Å². The molecule has 2 aliphatic heterocycles. The molecule has 0 saturated carbocycles. The second-order valence-corrected chi connectivity index (χ2v) is 3.85. The average Bonchev–Trinajstić information content (AvgIpc) is 1.87. The van der Waals surface area contributed by atoms with E-state index in [0.29, 0.717) is 0 Å². The van der Waals surface area contributed by atoms with E-state index >= 15 is 0 Å². The lowest BCUT2D eigenvalue weighted by molar-refractivity contribution is -0.0635. The van der Waals surface area contributed by atoms with Crippen LogP contribution < -0.4 is 0 Å². The first-order valence-electron chi connectivity index (χ1n) is 4.06. The van der Waals surface area contributed by atoms with Crippen LogP contribution in [0.25, 0.3) is 0 Å². The zero-order valence-electron chi connectivity index (χ0n) is 6.68. The van der Waals surface area contributed by atoms with Crippen LogP contribution in [0.15, 0.2) is 11.8 Å². The summed E-state index contributed by atoms with van der Waals surface area (Å²) in [4.78, 5) is 0. The molecule has 0 aromatic heterocycles. The van der Waals surface area contributed by atoms with Crippen LogP contribution in [0.1, 0.15) is 33.1 Å². The summed E-state index contributed by atoms with van der Waals surface area (Å²) < 4.78 is 5.73. The summed E-state index contributed by atoms with van der Waals surface area (Å²) in [6.07, 6.45) is 5.99.